The second-order valence-corrected chi connectivity index (χ2v) is 9.50. The van der Waals surface area contributed by atoms with E-state index >= 15 is 0 Å². The van der Waals surface area contributed by atoms with Gasteiger partial charge in [0.05, 0.1) is 11.8 Å². The number of aromatic nitrogens is 2. The molecule has 1 aliphatic rings. The molecule has 7 nitrogen and oxygen atoms in total. The normalized spacial score (nSPS) is 19.5. The number of hydrogen-bond acceptors (Lipinski definition) is 6. The van der Waals surface area contributed by atoms with Crippen molar-refractivity contribution < 1.29 is 12.9 Å². The van der Waals surface area contributed by atoms with Gasteiger partial charge in [-0.2, -0.15) is 4.98 Å². The fraction of sp³-hybridized carbons (Fsp3) is 0.875. The van der Waals surface area contributed by atoms with Crippen molar-refractivity contribution in [1.82, 2.24) is 19.8 Å². The molecule has 1 aliphatic heterocycles. The summed E-state index contributed by atoms with van der Waals surface area (Å²) >= 11 is 0. The first-order valence-corrected chi connectivity index (χ1v) is 10.4. The summed E-state index contributed by atoms with van der Waals surface area (Å²) in [7, 11) is -3.14. The zero-order chi connectivity index (χ0) is 18.0. The van der Waals surface area contributed by atoms with Crippen LogP contribution in [0.1, 0.15) is 71.6 Å². The van der Waals surface area contributed by atoms with Crippen molar-refractivity contribution in [2.45, 2.75) is 71.4 Å². The molecule has 1 atom stereocenters. The van der Waals surface area contributed by atoms with Crippen LogP contribution in [-0.2, 0) is 15.4 Å². The van der Waals surface area contributed by atoms with Gasteiger partial charge in [0, 0.05) is 24.5 Å². The molecule has 1 unspecified atom stereocenters. The van der Waals surface area contributed by atoms with Gasteiger partial charge in [-0.25, -0.2) is 13.1 Å². The third-order valence-electron chi connectivity index (χ3n) is 4.37. The molecule has 138 valence electrons. The van der Waals surface area contributed by atoms with E-state index in [2.05, 4.69) is 47.5 Å². The van der Waals surface area contributed by atoms with Crippen LogP contribution in [-0.4, -0.2) is 48.3 Å². The molecule has 24 heavy (non-hydrogen) atoms. The summed E-state index contributed by atoms with van der Waals surface area (Å²) in [6.45, 7) is 11.7. The molecule has 0 aromatic carbocycles. The maximum atomic E-state index is 11.9. The summed E-state index contributed by atoms with van der Waals surface area (Å²) in [5, 5.41) is 4.08. The van der Waals surface area contributed by atoms with Gasteiger partial charge in [-0.05, 0) is 26.2 Å². The van der Waals surface area contributed by atoms with Crippen molar-refractivity contribution in [2.75, 3.05) is 18.8 Å². The summed E-state index contributed by atoms with van der Waals surface area (Å²) in [5.74, 6) is 1.54. The minimum absolute atomic E-state index is 0.0258. The molecule has 2 heterocycles. The quantitative estimate of drug-likeness (QED) is 0.839. The number of piperidine rings is 1. The van der Waals surface area contributed by atoms with Gasteiger partial charge in [0.1, 0.15) is 0 Å². The molecule has 1 aromatic rings. The van der Waals surface area contributed by atoms with Crippen LogP contribution in [0.2, 0.25) is 0 Å². The standard InChI is InChI=1S/C16H30N4O3S/c1-6-11-24(21,22)19-13-7-9-20(10-8-13)12(2)14-17-15(18-23-14)16(3,4)5/h12-13,19H,6-11H2,1-5H3. The van der Waals surface area contributed by atoms with E-state index in [1.54, 1.807) is 0 Å². The van der Waals surface area contributed by atoms with Crippen LogP contribution in [0.25, 0.3) is 0 Å². The third-order valence-corrected chi connectivity index (χ3v) is 6.00. The molecular formula is C16H30N4O3S. The smallest absolute Gasteiger partial charge is 0.243 e. The Kier molecular flexibility index (Phi) is 6.04. The highest BCUT2D eigenvalue weighted by Crippen LogP contribution is 2.26. The lowest BCUT2D eigenvalue weighted by atomic mass is 9.96. The lowest BCUT2D eigenvalue weighted by molar-refractivity contribution is 0.134. The second-order valence-electron chi connectivity index (χ2n) is 7.63. The molecule has 0 radical (unpaired) electrons. The number of likely N-dealkylation sites (tertiary alicyclic amines) is 1. The van der Waals surface area contributed by atoms with Gasteiger partial charge in [-0.3, -0.25) is 4.90 Å². The SMILES string of the molecule is CCCS(=O)(=O)NC1CCN(C(C)c2nc(C(C)(C)C)no2)CC1. The number of nitrogens with zero attached hydrogens (tertiary/aromatic N) is 3. The Morgan fingerprint density at radius 1 is 1.33 bits per heavy atom. The van der Waals surface area contributed by atoms with Crippen LogP contribution < -0.4 is 4.72 Å². The van der Waals surface area contributed by atoms with Crippen molar-refractivity contribution in [2.24, 2.45) is 0 Å². The molecule has 0 amide bonds. The summed E-state index contributed by atoms with van der Waals surface area (Å²) < 4.78 is 32.0. The Labute approximate surface area is 145 Å². The fourth-order valence-electron chi connectivity index (χ4n) is 2.85. The number of nitrogens with one attached hydrogen (secondary N) is 1. The first-order chi connectivity index (χ1) is 11.1. The maximum absolute atomic E-state index is 11.9. The van der Waals surface area contributed by atoms with Crippen molar-refractivity contribution in [1.29, 1.82) is 0 Å². The summed E-state index contributed by atoms with van der Waals surface area (Å²) in [4.78, 5) is 6.80. The van der Waals surface area contributed by atoms with Gasteiger partial charge < -0.3 is 4.52 Å². The third kappa shape index (κ3) is 5.00. The average Bonchev–Trinajstić information content (AvgIpc) is 2.96. The molecule has 0 saturated carbocycles. The minimum atomic E-state index is -3.14. The molecule has 1 N–H and O–H groups in total. The van der Waals surface area contributed by atoms with Gasteiger partial charge in [0.15, 0.2) is 5.82 Å². The van der Waals surface area contributed by atoms with Crippen molar-refractivity contribution in [3.8, 4) is 0 Å². The first kappa shape index (κ1) is 19.3. The van der Waals surface area contributed by atoms with E-state index in [4.69, 9.17) is 4.52 Å². The van der Waals surface area contributed by atoms with Gasteiger partial charge in [0.25, 0.3) is 0 Å². The largest absolute Gasteiger partial charge is 0.338 e. The van der Waals surface area contributed by atoms with E-state index in [1.165, 1.54) is 0 Å². The predicted octanol–water partition coefficient (Wildman–Crippen LogP) is 2.22. The average molecular weight is 359 g/mol. The molecule has 1 aromatic heterocycles. The van der Waals surface area contributed by atoms with Gasteiger partial charge in [-0.15, -0.1) is 0 Å². The topological polar surface area (TPSA) is 88.3 Å². The van der Waals surface area contributed by atoms with Crippen molar-refractivity contribution in [3.05, 3.63) is 11.7 Å². The monoisotopic (exact) mass is 358 g/mol. The highest BCUT2D eigenvalue weighted by molar-refractivity contribution is 7.89. The Morgan fingerprint density at radius 3 is 2.46 bits per heavy atom. The molecule has 0 aliphatic carbocycles. The molecule has 0 spiro atoms. The fourth-order valence-corrected chi connectivity index (χ4v) is 4.25. The summed E-state index contributed by atoms with van der Waals surface area (Å²) in [6, 6.07) is 0.0691. The number of sulfonamides is 1. The Bertz CT molecular complexity index is 628. The minimum Gasteiger partial charge on any atom is -0.338 e. The summed E-state index contributed by atoms with van der Waals surface area (Å²) in [5.41, 5.74) is -0.133. The maximum Gasteiger partial charge on any atom is 0.243 e. The van der Waals surface area contributed by atoms with Crippen LogP contribution >= 0.6 is 0 Å². The molecule has 8 heteroatoms. The Balaban J connectivity index is 1.91. The number of rotatable bonds is 6. The zero-order valence-corrected chi connectivity index (χ0v) is 16.2. The van der Waals surface area contributed by atoms with Crippen LogP contribution in [0, 0.1) is 0 Å². The van der Waals surface area contributed by atoms with E-state index in [9.17, 15) is 8.42 Å². The predicted molar refractivity (Wildman–Crippen MR) is 93.2 cm³/mol. The van der Waals surface area contributed by atoms with E-state index in [-0.39, 0.29) is 23.3 Å². The Morgan fingerprint density at radius 2 is 1.96 bits per heavy atom. The Hall–Kier alpha value is -0.990. The van der Waals surface area contributed by atoms with Crippen LogP contribution in [0.15, 0.2) is 4.52 Å². The molecular weight excluding hydrogens is 328 g/mol. The van der Waals surface area contributed by atoms with E-state index in [1.807, 2.05) is 6.92 Å². The molecule has 1 fully saturated rings. The number of hydrogen-bond donors (Lipinski definition) is 1. The lowest BCUT2D eigenvalue weighted by Gasteiger charge is -2.34. The van der Waals surface area contributed by atoms with Gasteiger partial charge in [-0.1, -0.05) is 32.9 Å². The summed E-state index contributed by atoms with van der Waals surface area (Å²) in [6.07, 6.45) is 2.24. The highest BCUT2D eigenvalue weighted by atomic mass is 32.2. The van der Waals surface area contributed by atoms with Gasteiger partial charge in [0.2, 0.25) is 15.9 Å². The van der Waals surface area contributed by atoms with E-state index in [0.717, 1.165) is 25.9 Å². The molecule has 1 saturated heterocycles. The zero-order valence-electron chi connectivity index (χ0n) is 15.4. The first-order valence-electron chi connectivity index (χ1n) is 8.70. The van der Waals surface area contributed by atoms with E-state index in [0.29, 0.717) is 18.1 Å². The molecule has 0 bridgehead atoms. The second kappa shape index (κ2) is 7.49. The van der Waals surface area contributed by atoms with Gasteiger partial charge >= 0.3 is 0 Å². The van der Waals surface area contributed by atoms with Crippen molar-refractivity contribution >= 4 is 10.0 Å². The van der Waals surface area contributed by atoms with Crippen molar-refractivity contribution in [3.63, 3.8) is 0 Å². The van der Waals surface area contributed by atoms with Crippen LogP contribution in [0.4, 0.5) is 0 Å². The van der Waals surface area contributed by atoms with E-state index < -0.39 is 10.0 Å². The lowest BCUT2D eigenvalue weighted by Crippen LogP contribution is -2.45. The van der Waals surface area contributed by atoms with Crippen LogP contribution in [0.3, 0.4) is 0 Å². The highest BCUT2D eigenvalue weighted by Gasteiger charge is 2.30. The molecule has 2 rings (SSSR count). The van der Waals surface area contributed by atoms with Crippen LogP contribution in [0.5, 0.6) is 0 Å².